The van der Waals surface area contributed by atoms with E-state index < -0.39 is 0 Å². The third-order valence-electron chi connectivity index (χ3n) is 6.91. The zero-order valence-corrected chi connectivity index (χ0v) is 19.4. The van der Waals surface area contributed by atoms with E-state index in [4.69, 9.17) is 0 Å². The number of carbonyl (C=O) groups excluding carboxylic acids is 1. The molecule has 3 aliphatic heterocycles. The van der Waals surface area contributed by atoms with Gasteiger partial charge in [0, 0.05) is 29.8 Å². The second-order valence-electron chi connectivity index (χ2n) is 8.67. The molecule has 8 nitrogen and oxygen atoms in total. The first kappa shape index (κ1) is 23.9. The number of rotatable bonds is 4. The predicted octanol–water partition coefficient (Wildman–Crippen LogP) is 1.91. The molecular formula is C21H31Cl2N7O. The Balaban J connectivity index is 0.00000136. The highest BCUT2D eigenvalue weighted by Gasteiger charge is 2.45. The largest absolute Gasteiger partial charge is 0.350 e. The molecule has 2 aromatic rings. The summed E-state index contributed by atoms with van der Waals surface area (Å²) in [5.74, 6) is 1.97. The lowest BCUT2D eigenvalue weighted by Gasteiger charge is -2.55. The molecule has 4 atom stereocenters. The number of nitrogens with zero attached hydrogens (tertiary/aromatic N) is 5. The first-order valence-corrected chi connectivity index (χ1v) is 10.8. The van der Waals surface area contributed by atoms with Crippen molar-refractivity contribution in [2.75, 3.05) is 26.2 Å². The van der Waals surface area contributed by atoms with Crippen LogP contribution in [0.3, 0.4) is 0 Å². The van der Waals surface area contributed by atoms with Gasteiger partial charge in [-0.3, -0.25) is 9.69 Å². The fourth-order valence-electron chi connectivity index (χ4n) is 5.52. The highest BCUT2D eigenvalue weighted by molar-refractivity contribution is 5.94. The Hall–Kier alpha value is -1.74. The van der Waals surface area contributed by atoms with Crippen molar-refractivity contribution in [1.29, 1.82) is 0 Å². The summed E-state index contributed by atoms with van der Waals surface area (Å²) >= 11 is 0. The molecule has 0 spiro atoms. The summed E-state index contributed by atoms with van der Waals surface area (Å²) in [6, 6.07) is 8.56. The van der Waals surface area contributed by atoms with Crippen LogP contribution in [-0.2, 0) is 7.05 Å². The maximum Gasteiger partial charge on any atom is 0.251 e. The van der Waals surface area contributed by atoms with Crippen molar-refractivity contribution in [2.24, 2.45) is 18.9 Å². The van der Waals surface area contributed by atoms with Crippen molar-refractivity contribution in [2.45, 2.75) is 37.8 Å². The lowest BCUT2D eigenvalue weighted by molar-refractivity contribution is -0.0371. The Kier molecular flexibility index (Phi) is 7.91. The van der Waals surface area contributed by atoms with Crippen LogP contribution < -0.4 is 10.6 Å². The molecule has 0 radical (unpaired) electrons. The van der Waals surface area contributed by atoms with Crippen molar-refractivity contribution >= 4 is 30.7 Å². The molecule has 0 unspecified atom stereocenters. The van der Waals surface area contributed by atoms with Crippen molar-refractivity contribution in [3.05, 3.63) is 29.8 Å². The molecule has 1 amide bonds. The number of fused-ring (bicyclic) bond motifs is 4. The number of piperidine rings is 3. The van der Waals surface area contributed by atoms with Gasteiger partial charge in [-0.1, -0.05) is 18.6 Å². The monoisotopic (exact) mass is 467 g/mol. The summed E-state index contributed by atoms with van der Waals surface area (Å²) < 4.78 is 0. The Morgan fingerprint density at radius 2 is 1.94 bits per heavy atom. The van der Waals surface area contributed by atoms with Crippen molar-refractivity contribution < 1.29 is 4.79 Å². The zero-order chi connectivity index (χ0) is 19.8. The third-order valence-corrected chi connectivity index (χ3v) is 6.91. The minimum absolute atomic E-state index is 0. The molecule has 0 aliphatic carbocycles. The number of tetrazole rings is 1. The number of hydrogen-bond donors (Lipinski definition) is 2. The number of halogens is 2. The molecule has 31 heavy (non-hydrogen) atoms. The standard InChI is InChI=1S/C21H29N7O.2ClH/c1-27-25-20(24-26-27)14-5-7-15(8-6-14)21(29)23-13-19-17-10-16(11-22-12-17)18-4-2-3-9-28(18)19;;/h5-8,16-19,22H,2-4,9-13H2,1H3,(H,23,29);2*1H/t16-,17+,18+,19+;;/m1../s1. The Labute approximate surface area is 195 Å². The predicted molar refractivity (Wildman–Crippen MR) is 124 cm³/mol. The van der Waals surface area contributed by atoms with E-state index in [1.165, 1.54) is 37.0 Å². The van der Waals surface area contributed by atoms with Crippen LogP contribution in [0.2, 0.25) is 0 Å². The normalized spacial score (nSPS) is 27.4. The number of benzene rings is 1. The summed E-state index contributed by atoms with van der Waals surface area (Å²) in [7, 11) is 1.74. The van der Waals surface area contributed by atoms with Gasteiger partial charge in [-0.25, -0.2) is 0 Å². The van der Waals surface area contributed by atoms with E-state index in [0.29, 0.717) is 29.4 Å². The van der Waals surface area contributed by atoms with E-state index in [0.717, 1.165) is 31.1 Å². The second kappa shape index (κ2) is 10.3. The van der Waals surface area contributed by atoms with E-state index in [1.54, 1.807) is 7.05 Å². The fraction of sp³-hybridized carbons (Fsp3) is 0.619. The second-order valence-corrected chi connectivity index (χ2v) is 8.67. The van der Waals surface area contributed by atoms with Crippen LogP contribution in [0.15, 0.2) is 24.3 Å². The minimum atomic E-state index is -0.0110. The van der Waals surface area contributed by atoms with Crippen molar-refractivity contribution in [1.82, 2.24) is 35.7 Å². The number of aryl methyl sites for hydroxylation is 1. The molecule has 4 heterocycles. The molecule has 1 aromatic heterocycles. The molecule has 2 N–H and O–H groups in total. The highest BCUT2D eigenvalue weighted by Crippen LogP contribution is 2.38. The number of nitrogens with one attached hydrogen (secondary N) is 2. The molecule has 1 aromatic carbocycles. The highest BCUT2D eigenvalue weighted by atomic mass is 35.5. The van der Waals surface area contributed by atoms with Crippen molar-refractivity contribution in [3.63, 3.8) is 0 Å². The van der Waals surface area contributed by atoms with E-state index >= 15 is 0 Å². The Morgan fingerprint density at radius 1 is 1.16 bits per heavy atom. The summed E-state index contributed by atoms with van der Waals surface area (Å²) in [6.07, 6.45) is 5.23. The molecule has 170 valence electrons. The third kappa shape index (κ3) is 4.87. The van der Waals surface area contributed by atoms with E-state index in [1.807, 2.05) is 24.3 Å². The molecule has 5 rings (SSSR count). The molecular weight excluding hydrogens is 437 g/mol. The number of amides is 1. The molecule has 3 saturated heterocycles. The number of hydrogen-bond acceptors (Lipinski definition) is 6. The van der Waals surface area contributed by atoms with Crippen LogP contribution >= 0.6 is 24.8 Å². The zero-order valence-electron chi connectivity index (χ0n) is 17.7. The first-order valence-electron chi connectivity index (χ1n) is 10.8. The van der Waals surface area contributed by atoms with Gasteiger partial charge in [0.1, 0.15) is 0 Å². The fourth-order valence-corrected chi connectivity index (χ4v) is 5.52. The van der Waals surface area contributed by atoms with Crippen LogP contribution in [0, 0.1) is 11.8 Å². The Morgan fingerprint density at radius 3 is 2.68 bits per heavy atom. The quantitative estimate of drug-likeness (QED) is 0.713. The lowest BCUT2D eigenvalue weighted by atomic mass is 9.73. The SMILES string of the molecule is Cl.Cl.Cn1nnc(-c2ccc(C(=O)NC[C@H]3[C@@H]4CNC[C@@H](C4)[C@@H]4CCCCN43)cc2)n1. The van der Waals surface area contributed by atoms with Gasteiger partial charge in [-0.15, -0.1) is 35.0 Å². The van der Waals surface area contributed by atoms with E-state index in [-0.39, 0.29) is 30.7 Å². The van der Waals surface area contributed by atoms with Crippen LogP contribution in [0.5, 0.6) is 0 Å². The van der Waals surface area contributed by atoms with Gasteiger partial charge in [0.2, 0.25) is 5.82 Å². The van der Waals surface area contributed by atoms with Gasteiger partial charge in [0.15, 0.2) is 0 Å². The smallest absolute Gasteiger partial charge is 0.251 e. The van der Waals surface area contributed by atoms with Gasteiger partial charge in [0.05, 0.1) is 7.05 Å². The molecule has 0 saturated carbocycles. The maximum atomic E-state index is 12.8. The van der Waals surface area contributed by atoms with E-state index in [2.05, 4.69) is 30.9 Å². The van der Waals surface area contributed by atoms with Gasteiger partial charge < -0.3 is 10.6 Å². The van der Waals surface area contributed by atoms with E-state index in [9.17, 15) is 4.79 Å². The average molecular weight is 468 g/mol. The summed E-state index contributed by atoms with van der Waals surface area (Å²) in [4.78, 5) is 16.9. The first-order chi connectivity index (χ1) is 14.2. The molecule has 3 aliphatic rings. The van der Waals surface area contributed by atoms with Crippen LogP contribution in [0.1, 0.15) is 36.0 Å². The van der Waals surface area contributed by atoms with Gasteiger partial charge in [-0.05, 0) is 68.1 Å². The number of aromatic nitrogens is 4. The summed E-state index contributed by atoms with van der Waals surface area (Å²) in [5, 5.41) is 18.9. The minimum Gasteiger partial charge on any atom is -0.350 e. The number of carbonyl (C=O) groups is 1. The molecule has 2 bridgehead atoms. The van der Waals surface area contributed by atoms with Crippen LogP contribution in [0.4, 0.5) is 0 Å². The molecule has 10 heteroatoms. The Bertz CT molecular complexity index is 875. The van der Waals surface area contributed by atoms with Gasteiger partial charge in [0.25, 0.3) is 5.91 Å². The molecule has 3 fully saturated rings. The average Bonchev–Trinajstić information content (AvgIpc) is 3.20. The van der Waals surface area contributed by atoms with Crippen LogP contribution in [0.25, 0.3) is 11.4 Å². The summed E-state index contributed by atoms with van der Waals surface area (Å²) in [5.41, 5.74) is 1.53. The van der Waals surface area contributed by atoms with Crippen molar-refractivity contribution in [3.8, 4) is 11.4 Å². The topological polar surface area (TPSA) is 88.0 Å². The maximum absolute atomic E-state index is 12.8. The van der Waals surface area contributed by atoms with Gasteiger partial charge in [-0.2, -0.15) is 4.80 Å². The summed E-state index contributed by atoms with van der Waals surface area (Å²) in [6.45, 7) is 4.13. The lowest BCUT2D eigenvalue weighted by Crippen LogP contribution is -2.65. The van der Waals surface area contributed by atoms with Crippen LogP contribution in [-0.4, -0.2) is 69.3 Å². The van der Waals surface area contributed by atoms with Gasteiger partial charge >= 0.3 is 0 Å².